The molecule has 0 aliphatic heterocycles. The zero-order valence-electron chi connectivity index (χ0n) is 9.55. The molecule has 0 saturated heterocycles. The molecule has 2 aromatic rings. The van der Waals surface area contributed by atoms with E-state index in [0.29, 0.717) is 4.88 Å². The number of aromatic amines is 1. The number of halogens is 3. The lowest BCUT2D eigenvalue weighted by atomic mass is 10.4. The molecule has 2 rings (SSSR count). The van der Waals surface area contributed by atoms with E-state index in [9.17, 15) is 21.6 Å². The van der Waals surface area contributed by atoms with Gasteiger partial charge in [0, 0.05) is 6.42 Å². The highest BCUT2D eigenvalue weighted by Crippen LogP contribution is 2.27. The van der Waals surface area contributed by atoms with Crippen molar-refractivity contribution in [3.8, 4) is 10.7 Å². The highest BCUT2D eigenvalue weighted by molar-refractivity contribution is 7.93. The third kappa shape index (κ3) is 3.19. The van der Waals surface area contributed by atoms with Crippen molar-refractivity contribution in [3.05, 3.63) is 18.1 Å². The summed E-state index contributed by atoms with van der Waals surface area (Å²) in [6, 6.07) is 0. The monoisotopic (exact) mass is 325 g/mol. The SMILES string of the molecule is O=S(=O)(CCC(F)=C(F)F)c1ncc(-c2nn[nH]n2)s1. The molecule has 0 spiro atoms. The van der Waals surface area contributed by atoms with Crippen LogP contribution in [0, 0.1) is 0 Å². The molecule has 20 heavy (non-hydrogen) atoms. The minimum absolute atomic E-state index is 0.157. The summed E-state index contributed by atoms with van der Waals surface area (Å²) in [6.45, 7) is 0. The normalized spacial score (nSPS) is 11.6. The van der Waals surface area contributed by atoms with Crippen molar-refractivity contribution < 1.29 is 21.6 Å². The fourth-order valence-electron chi connectivity index (χ4n) is 1.18. The lowest BCUT2D eigenvalue weighted by Gasteiger charge is -1.98. The minimum atomic E-state index is -3.95. The van der Waals surface area contributed by atoms with Crippen molar-refractivity contribution >= 4 is 21.2 Å². The van der Waals surface area contributed by atoms with Crippen molar-refractivity contribution in [3.63, 3.8) is 0 Å². The quantitative estimate of drug-likeness (QED) is 0.895. The molecule has 0 saturated carbocycles. The van der Waals surface area contributed by atoms with Crippen LogP contribution in [0.3, 0.4) is 0 Å². The van der Waals surface area contributed by atoms with Crippen LogP contribution in [-0.4, -0.2) is 39.8 Å². The molecular weight excluding hydrogens is 319 g/mol. The van der Waals surface area contributed by atoms with Crippen LogP contribution in [0.4, 0.5) is 13.2 Å². The number of allylic oxidation sites excluding steroid dienone is 1. The molecule has 0 aliphatic carbocycles. The molecule has 0 atom stereocenters. The summed E-state index contributed by atoms with van der Waals surface area (Å²) in [5.74, 6) is -2.39. The second-order valence-electron chi connectivity index (χ2n) is 3.46. The van der Waals surface area contributed by atoms with Gasteiger partial charge in [0.15, 0.2) is 5.83 Å². The van der Waals surface area contributed by atoms with Crippen LogP contribution in [0.25, 0.3) is 10.7 Å². The van der Waals surface area contributed by atoms with E-state index in [2.05, 4.69) is 25.6 Å². The van der Waals surface area contributed by atoms with Crippen LogP contribution in [-0.2, 0) is 9.84 Å². The average Bonchev–Trinajstić information content (AvgIpc) is 3.05. The van der Waals surface area contributed by atoms with Gasteiger partial charge in [-0.3, -0.25) is 0 Å². The second kappa shape index (κ2) is 5.66. The van der Waals surface area contributed by atoms with Gasteiger partial charge in [-0.25, -0.2) is 17.8 Å². The van der Waals surface area contributed by atoms with E-state index in [-0.39, 0.29) is 10.2 Å². The van der Waals surface area contributed by atoms with Gasteiger partial charge in [0.25, 0.3) is 0 Å². The maximum atomic E-state index is 12.6. The topological polar surface area (TPSA) is 101 Å². The number of hydrogen-bond donors (Lipinski definition) is 1. The first-order chi connectivity index (χ1) is 9.40. The van der Waals surface area contributed by atoms with Crippen LogP contribution in [0.1, 0.15) is 6.42 Å². The molecule has 0 fully saturated rings. The van der Waals surface area contributed by atoms with E-state index in [4.69, 9.17) is 0 Å². The Labute approximate surface area is 114 Å². The average molecular weight is 325 g/mol. The number of nitrogens with zero attached hydrogens (tertiary/aromatic N) is 4. The predicted octanol–water partition coefficient (Wildman–Crippen LogP) is 1.56. The second-order valence-corrected chi connectivity index (χ2v) is 6.77. The fraction of sp³-hybridized carbons (Fsp3) is 0.250. The van der Waals surface area contributed by atoms with Crippen LogP contribution in [0.5, 0.6) is 0 Å². The maximum absolute atomic E-state index is 12.6. The number of hydrogen-bond acceptors (Lipinski definition) is 7. The zero-order chi connectivity index (χ0) is 14.8. The summed E-state index contributed by atoms with van der Waals surface area (Å²) in [6.07, 6.45) is -2.21. The molecule has 0 aromatic carbocycles. The van der Waals surface area contributed by atoms with Crippen molar-refractivity contribution in [2.24, 2.45) is 0 Å². The van der Waals surface area contributed by atoms with E-state index < -0.39 is 33.9 Å². The minimum Gasteiger partial charge on any atom is -0.233 e. The molecule has 0 bridgehead atoms. The molecule has 0 aliphatic rings. The molecule has 2 aromatic heterocycles. The van der Waals surface area contributed by atoms with Crippen molar-refractivity contribution in [1.29, 1.82) is 0 Å². The number of rotatable bonds is 5. The first kappa shape index (κ1) is 14.6. The van der Waals surface area contributed by atoms with Crippen LogP contribution < -0.4 is 0 Å². The Morgan fingerprint density at radius 2 is 2.10 bits per heavy atom. The van der Waals surface area contributed by atoms with E-state index in [1.165, 1.54) is 6.20 Å². The van der Waals surface area contributed by atoms with Gasteiger partial charge in [-0.15, -0.1) is 10.2 Å². The van der Waals surface area contributed by atoms with Crippen LogP contribution in [0.2, 0.25) is 0 Å². The number of H-pyrrole nitrogens is 1. The van der Waals surface area contributed by atoms with Gasteiger partial charge >= 0.3 is 6.08 Å². The molecule has 2 heterocycles. The molecule has 108 valence electrons. The largest absolute Gasteiger partial charge is 0.301 e. The van der Waals surface area contributed by atoms with E-state index >= 15 is 0 Å². The Balaban J connectivity index is 2.17. The molecule has 12 heteroatoms. The highest BCUT2D eigenvalue weighted by atomic mass is 32.2. The molecule has 0 amide bonds. The van der Waals surface area contributed by atoms with E-state index in [0.717, 1.165) is 11.3 Å². The van der Waals surface area contributed by atoms with E-state index in [1.807, 2.05) is 0 Å². The molecular formula is C8H6F3N5O2S2. The number of aromatic nitrogens is 5. The lowest BCUT2D eigenvalue weighted by Crippen LogP contribution is -2.06. The number of sulfone groups is 1. The summed E-state index contributed by atoms with van der Waals surface area (Å²) in [5, 5.41) is 12.8. The van der Waals surface area contributed by atoms with Crippen LogP contribution >= 0.6 is 11.3 Å². The maximum Gasteiger partial charge on any atom is 0.301 e. The Morgan fingerprint density at radius 3 is 2.70 bits per heavy atom. The first-order valence-corrected chi connectivity index (χ1v) is 7.49. The third-order valence-corrected chi connectivity index (χ3v) is 5.29. The molecule has 7 nitrogen and oxygen atoms in total. The number of nitrogens with one attached hydrogen (secondary N) is 1. The van der Waals surface area contributed by atoms with Crippen LogP contribution in [0.15, 0.2) is 22.4 Å². The molecule has 0 unspecified atom stereocenters. The first-order valence-electron chi connectivity index (χ1n) is 5.02. The lowest BCUT2D eigenvalue weighted by molar-refractivity contribution is 0.373. The summed E-state index contributed by atoms with van der Waals surface area (Å²) in [7, 11) is -3.95. The Hall–Kier alpha value is -1.82. The molecule has 1 N–H and O–H groups in total. The standard InChI is InChI=1S/C8H6F3N5O2S2/c9-4(6(10)11)1-2-20(17,18)8-12-3-5(19-8)7-13-15-16-14-7/h3H,1-2H2,(H,13,14,15,16). The summed E-state index contributed by atoms with van der Waals surface area (Å²) in [5.41, 5.74) is 0. The Bertz CT molecular complexity index is 721. The summed E-state index contributed by atoms with van der Waals surface area (Å²) in [4.78, 5) is 3.99. The predicted molar refractivity (Wildman–Crippen MR) is 62.3 cm³/mol. The van der Waals surface area contributed by atoms with Gasteiger partial charge in [0.05, 0.1) is 16.8 Å². The van der Waals surface area contributed by atoms with Crippen molar-refractivity contribution in [2.75, 3.05) is 5.75 Å². The third-order valence-electron chi connectivity index (χ3n) is 2.11. The fourth-order valence-corrected chi connectivity index (χ4v) is 3.62. The number of tetrazole rings is 1. The highest BCUT2D eigenvalue weighted by Gasteiger charge is 2.22. The summed E-state index contributed by atoms with van der Waals surface area (Å²) < 4.78 is 59.6. The van der Waals surface area contributed by atoms with Crippen molar-refractivity contribution in [1.82, 2.24) is 25.6 Å². The van der Waals surface area contributed by atoms with Gasteiger partial charge in [-0.2, -0.15) is 14.0 Å². The smallest absolute Gasteiger partial charge is 0.233 e. The Kier molecular flexibility index (Phi) is 4.13. The molecule has 0 radical (unpaired) electrons. The van der Waals surface area contributed by atoms with Gasteiger partial charge in [-0.1, -0.05) is 11.3 Å². The van der Waals surface area contributed by atoms with E-state index in [1.54, 1.807) is 0 Å². The van der Waals surface area contributed by atoms with Gasteiger partial charge in [0.1, 0.15) is 0 Å². The van der Waals surface area contributed by atoms with Crippen molar-refractivity contribution in [2.45, 2.75) is 10.8 Å². The summed E-state index contributed by atoms with van der Waals surface area (Å²) >= 11 is 0.748. The Morgan fingerprint density at radius 1 is 1.35 bits per heavy atom. The zero-order valence-corrected chi connectivity index (χ0v) is 11.2. The van der Waals surface area contributed by atoms with Gasteiger partial charge in [0.2, 0.25) is 20.0 Å². The van der Waals surface area contributed by atoms with Gasteiger partial charge in [-0.05, 0) is 5.21 Å². The number of thiazole rings is 1. The van der Waals surface area contributed by atoms with Gasteiger partial charge < -0.3 is 0 Å².